The first-order valence-corrected chi connectivity index (χ1v) is 13.5. The summed E-state index contributed by atoms with van der Waals surface area (Å²) in [6.45, 7) is 2.38. The third-order valence-corrected chi connectivity index (χ3v) is 7.09. The highest BCUT2D eigenvalue weighted by Gasteiger charge is 2.49. The van der Waals surface area contributed by atoms with Crippen molar-refractivity contribution < 1.29 is 78.9 Å². The van der Waals surface area contributed by atoms with Gasteiger partial charge >= 0.3 is 11.9 Å². The summed E-state index contributed by atoms with van der Waals surface area (Å²) >= 11 is 0. The molecule has 0 saturated carbocycles. The first-order chi connectivity index (χ1) is 22.1. The molecule has 5 rings (SSSR count). The minimum absolute atomic E-state index is 0.291. The summed E-state index contributed by atoms with van der Waals surface area (Å²) in [6, 6.07) is 4.98. The van der Waals surface area contributed by atoms with Crippen LogP contribution < -0.4 is 10.2 Å². The van der Waals surface area contributed by atoms with Gasteiger partial charge in [0.15, 0.2) is 52.5 Å². The molecule has 47 heavy (non-hydrogen) atoms. The third-order valence-electron chi connectivity index (χ3n) is 7.09. The minimum Gasteiger partial charge on any atom is -0.508 e. The van der Waals surface area contributed by atoms with Crippen LogP contribution in [0.4, 0.5) is 0 Å². The van der Waals surface area contributed by atoms with E-state index in [0.29, 0.717) is 0 Å². The number of esters is 2. The van der Waals surface area contributed by atoms with Gasteiger partial charge in [0.25, 0.3) is 0 Å². The second-order valence-electron chi connectivity index (χ2n) is 10.4. The maximum Gasteiger partial charge on any atom is 0.339 e. The molecule has 17 nitrogen and oxygen atoms in total. The van der Waals surface area contributed by atoms with E-state index in [4.69, 9.17) is 23.4 Å². The van der Waals surface area contributed by atoms with E-state index < -0.39 is 122 Å². The number of aliphatic hydroxyl groups is 1. The molecule has 0 radical (unpaired) electrons. The van der Waals surface area contributed by atoms with Crippen molar-refractivity contribution in [1.29, 1.82) is 0 Å². The maximum atomic E-state index is 13.8. The van der Waals surface area contributed by atoms with Gasteiger partial charge in [0.05, 0.1) is 11.7 Å². The highest BCUT2D eigenvalue weighted by Crippen LogP contribution is 2.43. The molecule has 0 amide bonds. The first-order valence-electron chi connectivity index (χ1n) is 13.5. The van der Waals surface area contributed by atoms with Gasteiger partial charge in [-0.1, -0.05) is 0 Å². The van der Waals surface area contributed by atoms with E-state index in [1.54, 1.807) is 0 Å². The predicted octanol–water partition coefficient (Wildman–Crippen LogP) is 1.75. The summed E-state index contributed by atoms with van der Waals surface area (Å²) < 4.78 is 27.9. The lowest BCUT2D eigenvalue weighted by molar-refractivity contribution is -0.271. The number of hydrogen-bond donors (Lipinski definition) is 9. The summed E-state index contributed by atoms with van der Waals surface area (Å²) in [5.74, 6) is -10.2. The lowest BCUT2D eigenvalue weighted by Crippen LogP contribution is -2.61. The normalized spacial score (nSPS) is 20.9. The predicted molar refractivity (Wildman–Crippen MR) is 153 cm³/mol. The molecule has 1 aromatic heterocycles. The van der Waals surface area contributed by atoms with Gasteiger partial charge in [-0.2, -0.15) is 0 Å². The number of carbonyl (C=O) groups is 2. The van der Waals surface area contributed by atoms with E-state index >= 15 is 0 Å². The molecule has 1 saturated heterocycles. The van der Waals surface area contributed by atoms with E-state index in [2.05, 4.69) is 0 Å². The van der Waals surface area contributed by atoms with Crippen LogP contribution in [0, 0.1) is 0 Å². The Bertz CT molecular complexity index is 1920. The number of rotatable bonds is 6. The number of benzene rings is 3. The summed E-state index contributed by atoms with van der Waals surface area (Å²) in [5.41, 5.74) is -2.35. The number of phenols is 8. The van der Waals surface area contributed by atoms with Crippen LogP contribution in [0.3, 0.4) is 0 Å². The van der Waals surface area contributed by atoms with E-state index in [-0.39, 0.29) is 5.56 Å². The second kappa shape index (κ2) is 12.0. The molecule has 0 bridgehead atoms. The average molecular weight is 659 g/mol. The fourth-order valence-electron chi connectivity index (χ4n) is 4.90. The highest BCUT2D eigenvalue weighted by molar-refractivity contribution is 5.91. The van der Waals surface area contributed by atoms with Crippen LogP contribution in [-0.2, 0) is 19.0 Å². The van der Waals surface area contributed by atoms with Crippen LogP contribution in [0.15, 0.2) is 45.6 Å². The van der Waals surface area contributed by atoms with Crippen LogP contribution >= 0.6 is 0 Å². The first kappa shape index (κ1) is 32.3. The number of aromatic hydroxyl groups is 8. The fraction of sp³-hybridized carbons (Fsp3) is 0.233. The van der Waals surface area contributed by atoms with Crippen molar-refractivity contribution >= 4 is 22.9 Å². The second-order valence-corrected chi connectivity index (χ2v) is 10.4. The van der Waals surface area contributed by atoms with Crippen LogP contribution in [0.2, 0.25) is 0 Å². The van der Waals surface area contributed by atoms with Crippen LogP contribution in [0.5, 0.6) is 51.7 Å². The molecule has 4 aromatic rings. The number of fused-ring (bicyclic) bond motifs is 1. The van der Waals surface area contributed by atoms with Crippen molar-refractivity contribution in [3.8, 4) is 63.1 Å². The summed E-state index contributed by atoms with van der Waals surface area (Å²) in [4.78, 5) is 38.7. The molecule has 1 fully saturated rings. The Kier molecular flexibility index (Phi) is 8.27. The zero-order valence-corrected chi connectivity index (χ0v) is 24.1. The SMILES string of the molecule is CC(=O)O[C@@H]1[C@@H](O)[C@H](OC(=O)c2cc(O)c(O)c(O)c2)[C@H](Oc2c(-c3cc(O)c(O)c(O)c3)oc3cc(O)cc(O)c3c2=O)O[C@H]1C. The molecule has 17 heteroatoms. The van der Waals surface area contributed by atoms with Gasteiger partial charge in [-0.3, -0.25) is 9.59 Å². The Labute approximate surface area is 261 Å². The lowest BCUT2D eigenvalue weighted by Gasteiger charge is -2.42. The Balaban J connectivity index is 1.66. The van der Waals surface area contributed by atoms with Crippen molar-refractivity contribution in [3.05, 3.63) is 52.2 Å². The number of aliphatic hydroxyl groups excluding tert-OH is 1. The standard InChI is InChI=1S/C30H26O17/c1-9-25(44-10(2)31)24(41)28(46-29(42)12-5-17(36)22(39)18(37)6-12)30(43-9)47-27-23(40)20-14(33)7-13(32)8-19(20)45-26(27)11-3-15(34)21(38)16(35)4-11/h3-9,24-25,28,30,32-39,41H,1-2H3/t9-,24+,25-,28-,30-/m0/s1. The molecular weight excluding hydrogens is 632 g/mol. The fourth-order valence-corrected chi connectivity index (χ4v) is 4.90. The van der Waals surface area contributed by atoms with Gasteiger partial charge in [-0.05, 0) is 31.2 Å². The van der Waals surface area contributed by atoms with E-state index in [0.717, 1.165) is 43.3 Å². The Morgan fingerprint density at radius 3 is 1.91 bits per heavy atom. The van der Waals surface area contributed by atoms with E-state index in [9.17, 15) is 60.3 Å². The molecule has 5 atom stereocenters. The Morgan fingerprint density at radius 2 is 1.34 bits per heavy atom. The molecule has 0 aliphatic carbocycles. The van der Waals surface area contributed by atoms with E-state index in [1.807, 2.05) is 0 Å². The maximum absolute atomic E-state index is 13.8. The molecule has 0 unspecified atom stereocenters. The Hall–Kier alpha value is -6.07. The number of phenolic OH excluding ortho intramolecular Hbond substituents is 8. The van der Waals surface area contributed by atoms with Gasteiger partial charge in [-0.25, -0.2) is 4.79 Å². The quantitative estimate of drug-likeness (QED) is 0.105. The summed E-state index contributed by atoms with van der Waals surface area (Å²) in [5, 5.41) is 90.6. The smallest absolute Gasteiger partial charge is 0.339 e. The molecule has 1 aliphatic heterocycles. The monoisotopic (exact) mass is 658 g/mol. The van der Waals surface area contributed by atoms with Gasteiger partial charge in [0.1, 0.15) is 28.6 Å². The third kappa shape index (κ3) is 5.99. The van der Waals surface area contributed by atoms with Gasteiger partial charge in [0, 0.05) is 24.6 Å². The number of hydrogen-bond acceptors (Lipinski definition) is 17. The minimum atomic E-state index is -1.96. The topological polar surface area (TPSA) is 283 Å². The van der Waals surface area contributed by atoms with Crippen LogP contribution in [-0.4, -0.2) is 88.6 Å². The van der Waals surface area contributed by atoms with Crippen molar-refractivity contribution in [1.82, 2.24) is 0 Å². The zero-order valence-electron chi connectivity index (χ0n) is 24.1. The zero-order chi connectivity index (χ0) is 34.5. The largest absolute Gasteiger partial charge is 0.508 e. The molecular formula is C30H26O17. The average Bonchev–Trinajstić information content (AvgIpc) is 2.98. The van der Waals surface area contributed by atoms with Crippen LogP contribution in [0.25, 0.3) is 22.3 Å². The van der Waals surface area contributed by atoms with Crippen molar-refractivity contribution in [3.63, 3.8) is 0 Å². The molecule has 248 valence electrons. The summed E-state index contributed by atoms with van der Waals surface area (Å²) in [6.07, 6.45) is -8.50. The van der Waals surface area contributed by atoms with Crippen molar-refractivity contribution in [2.75, 3.05) is 0 Å². The summed E-state index contributed by atoms with van der Waals surface area (Å²) in [7, 11) is 0. The lowest BCUT2D eigenvalue weighted by atomic mass is 9.99. The van der Waals surface area contributed by atoms with Gasteiger partial charge in [0.2, 0.25) is 17.5 Å². The van der Waals surface area contributed by atoms with Crippen molar-refractivity contribution in [2.24, 2.45) is 0 Å². The molecule has 1 aliphatic rings. The molecule has 2 heterocycles. The van der Waals surface area contributed by atoms with Crippen LogP contribution in [0.1, 0.15) is 24.2 Å². The molecule has 9 N–H and O–H groups in total. The van der Waals surface area contributed by atoms with E-state index in [1.165, 1.54) is 6.92 Å². The van der Waals surface area contributed by atoms with Crippen molar-refractivity contribution in [2.45, 2.75) is 44.6 Å². The Morgan fingerprint density at radius 1 is 0.766 bits per heavy atom. The van der Waals surface area contributed by atoms with Gasteiger partial charge < -0.3 is 69.3 Å². The molecule has 3 aromatic carbocycles. The van der Waals surface area contributed by atoms with Gasteiger partial charge in [-0.15, -0.1) is 0 Å². The number of ether oxygens (including phenoxy) is 4. The highest BCUT2D eigenvalue weighted by atomic mass is 16.7. The number of carbonyl (C=O) groups excluding carboxylic acids is 2. The molecule has 0 spiro atoms.